The molecule has 1 aliphatic carbocycles. The van der Waals surface area contributed by atoms with E-state index in [4.69, 9.17) is 0 Å². The Hall–Kier alpha value is -1.35. The van der Waals surface area contributed by atoms with E-state index in [2.05, 4.69) is 29.6 Å². The quantitative estimate of drug-likeness (QED) is 0.897. The van der Waals surface area contributed by atoms with E-state index in [1.165, 1.54) is 43.2 Å². The van der Waals surface area contributed by atoms with E-state index in [0.29, 0.717) is 6.04 Å². The molecule has 3 rings (SSSR count). The molecule has 2 aliphatic rings. The van der Waals surface area contributed by atoms with Crippen molar-refractivity contribution in [2.24, 2.45) is 0 Å². The highest BCUT2D eigenvalue weighted by Gasteiger charge is 2.30. The van der Waals surface area contributed by atoms with E-state index in [9.17, 15) is 4.79 Å². The van der Waals surface area contributed by atoms with Gasteiger partial charge in [0, 0.05) is 19.6 Å². The zero-order valence-corrected chi connectivity index (χ0v) is 12.3. The summed E-state index contributed by atoms with van der Waals surface area (Å²) in [5.41, 5.74) is 2.65. The maximum atomic E-state index is 12.7. The number of likely N-dealkylation sites (N-methyl/N-ethyl adjacent to an activating group) is 1. The van der Waals surface area contributed by atoms with E-state index in [0.717, 1.165) is 13.0 Å². The van der Waals surface area contributed by atoms with Crippen molar-refractivity contribution in [3.8, 4) is 0 Å². The minimum Gasteiger partial charge on any atom is -0.341 e. The lowest BCUT2D eigenvalue weighted by atomic mass is 9.92. The molecule has 1 atom stereocenters. The fourth-order valence-electron chi connectivity index (χ4n) is 3.52. The predicted octanol–water partition coefficient (Wildman–Crippen LogP) is 2.49. The van der Waals surface area contributed by atoms with Gasteiger partial charge in [0.05, 0.1) is 6.04 Å². The summed E-state index contributed by atoms with van der Waals surface area (Å²) in [6.07, 6.45) is 7.03. The number of hydrogen-bond donors (Lipinski definition) is 1. The van der Waals surface area contributed by atoms with Gasteiger partial charge >= 0.3 is 0 Å². The highest BCUT2D eigenvalue weighted by Crippen LogP contribution is 2.23. The third-order valence-electron chi connectivity index (χ3n) is 4.85. The van der Waals surface area contributed by atoms with Crippen LogP contribution in [0.4, 0.5) is 0 Å². The predicted molar refractivity (Wildman–Crippen MR) is 80.4 cm³/mol. The number of amides is 1. The van der Waals surface area contributed by atoms with E-state index in [-0.39, 0.29) is 11.9 Å². The van der Waals surface area contributed by atoms with Crippen LogP contribution in [0.3, 0.4) is 0 Å². The van der Waals surface area contributed by atoms with Gasteiger partial charge < -0.3 is 10.2 Å². The molecule has 1 unspecified atom stereocenters. The van der Waals surface area contributed by atoms with Crippen LogP contribution in [0.25, 0.3) is 0 Å². The van der Waals surface area contributed by atoms with Gasteiger partial charge in [0.2, 0.25) is 5.91 Å². The largest absolute Gasteiger partial charge is 0.341 e. The molecule has 1 fully saturated rings. The topological polar surface area (TPSA) is 32.3 Å². The summed E-state index contributed by atoms with van der Waals surface area (Å²) in [6.45, 7) is 0.811. The molecule has 3 nitrogen and oxygen atoms in total. The summed E-state index contributed by atoms with van der Waals surface area (Å²) in [5, 5.41) is 3.40. The highest BCUT2D eigenvalue weighted by molar-refractivity contribution is 5.82. The summed E-state index contributed by atoms with van der Waals surface area (Å²) in [7, 11) is 1.99. The number of benzene rings is 1. The Balaban J connectivity index is 1.66. The fourth-order valence-corrected chi connectivity index (χ4v) is 3.52. The Labute approximate surface area is 121 Å². The van der Waals surface area contributed by atoms with Crippen LogP contribution in [0.5, 0.6) is 0 Å². The maximum absolute atomic E-state index is 12.7. The fraction of sp³-hybridized carbons (Fsp3) is 0.588. The first-order chi connectivity index (χ1) is 9.75. The van der Waals surface area contributed by atoms with Crippen LogP contribution in [-0.4, -0.2) is 29.9 Å². The smallest absolute Gasteiger partial charge is 0.240 e. The molecule has 1 N–H and O–H groups in total. The van der Waals surface area contributed by atoms with Crippen molar-refractivity contribution >= 4 is 5.91 Å². The Bertz CT molecular complexity index is 480. The molecule has 1 aromatic rings. The molecule has 0 spiro atoms. The molecule has 0 aromatic heterocycles. The normalized spacial score (nSPS) is 23.1. The first-order valence-corrected chi connectivity index (χ1v) is 7.82. The standard InChI is InChI=1S/C17H24N2O/c1-19(15-9-3-2-4-10-15)17(20)16-11-13-7-5-6-8-14(13)12-18-16/h5-8,15-16,18H,2-4,9-12H2,1H3. The van der Waals surface area contributed by atoms with Gasteiger partial charge in [-0.3, -0.25) is 4.79 Å². The van der Waals surface area contributed by atoms with Gasteiger partial charge in [-0.25, -0.2) is 0 Å². The molecule has 0 radical (unpaired) electrons. The van der Waals surface area contributed by atoms with Crippen molar-refractivity contribution in [3.63, 3.8) is 0 Å². The molecular formula is C17H24N2O. The second-order valence-corrected chi connectivity index (χ2v) is 6.15. The van der Waals surface area contributed by atoms with Crippen LogP contribution in [0.2, 0.25) is 0 Å². The van der Waals surface area contributed by atoms with Crippen molar-refractivity contribution in [2.45, 2.75) is 57.2 Å². The van der Waals surface area contributed by atoms with Crippen LogP contribution >= 0.6 is 0 Å². The maximum Gasteiger partial charge on any atom is 0.240 e. The Kier molecular flexibility index (Phi) is 4.06. The monoisotopic (exact) mass is 272 g/mol. The number of hydrogen-bond acceptors (Lipinski definition) is 2. The van der Waals surface area contributed by atoms with Crippen molar-refractivity contribution in [3.05, 3.63) is 35.4 Å². The third-order valence-corrected chi connectivity index (χ3v) is 4.85. The number of carbonyl (C=O) groups excluding carboxylic acids is 1. The molecule has 1 aliphatic heterocycles. The lowest BCUT2D eigenvalue weighted by Gasteiger charge is -2.35. The van der Waals surface area contributed by atoms with Crippen LogP contribution in [0.1, 0.15) is 43.2 Å². The SMILES string of the molecule is CN(C(=O)C1Cc2ccccc2CN1)C1CCCCC1. The van der Waals surface area contributed by atoms with E-state index in [1.807, 2.05) is 11.9 Å². The minimum atomic E-state index is -0.0446. The molecule has 1 heterocycles. The van der Waals surface area contributed by atoms with Crippen molar-refractivity contribution in [2.75, 3.05) is 7.05 Å². The van der Waals surface area contributed by atoms with Crippen LogP contribution in [0, 0.1) is 0 Å². The second kappa shape index (κ2) is 5.96. The van der Waals surface area contributed by atoms with E-state index in [1.54, 1.807) is 0 Å². The number of carbonyl (C=O) groups is 1. The molecule has 0 bridgehead atoms. The molecule has 1 amide bonds. The van der Waals surface area contributed by atoms with E-state index >= 15 is 0 Å². The molecule has 1 saturated carbocycles. The first kappa shape index (κ1) is 13.6. The lowest BCUT2D eigenvalue weighted by Crippen LogP contribution is -2.51. The summed E-state index contributed by atoms with van der Waals surface area (Å²) < 4.78 is 0. The first-order valence-electron chi connectivity index (χ1n) is 7.82. The highest BCUT2D eigenvalue weighted by atomic mass is 16.2. The average Bonchev–Trinajstić information content (AvgIpc) is 2.54. The Morgan fingerprint density at radius 2 is 1.85 bits per heavy atom. The molecule has 1 aromatic carbocycles. The Morgan fingerprint density at radius 3 is 2.60 bits per heavy atom. The molecule has 3 heteroatoms. The van der Waals surface area contributed by atoms with Crippen molar-refractivity contribution in [1.82, 2.24) is 10.2 Å². The minimum absolute atomic E-state index is 0.0446. The summed E-state index contributed by atoms with van der Waals surface area (Å²) in [6, 6.07) is 8.84. The summed E-state index contributed by atoms with van der Waals surface area (Å²) in [4.78, 5) is 14.7. The van der Waals surface area contributed by atoms with Gasteiger partial charge in [-0.15, -0.1) is 0 Å². The van der Waals surface area contributed by atoms with Gasteiger partial charge in [0.1, 0.15) is 0 Å². The van der Waals surface area contributed by atoms with Crippen LogP contribution in [-0.2, 0) is 17.8 Å². The van der Waals surface area contributed by atoms with Gasteiger partial charge in [-0.2, -0.15) is 0 Å². The molecular weight excluding hydrogens is 248 g/mol. The summed E-state index contributed by atoms with van der Waals surface area (Å²) >= 11 is 0. The molecule has 20 heavy (non-hydrogen) atoms. The lowest BCUT2D eigenvalue weighted by molar-refractivity contribution is -0.135. The molecule has 108 valence electrons. The number of rotatable bonds is 2. The van der Waals surface area contributed by atoms with Crippen LogP contribution < -0.4 is 5.32 Å². The second-order valence-electron chi connectivity index (χ2n) is 6.15. The average molecular weight is 272 g/mol. The number of fused-ring (bicyclic) bond motifs is 1. The van der Waals surface area contributed by atoms with E-state index < -0.39 is 0 Å². The zero-order chi connectivity index (χ0) is 13.9. The Morgan fingerprint density at radius 1 is 1.15 bits per heavy atom. The third kappa shape index (κ3) is 2.73. The zero-order valence-electron chi connectivity index (χ0n) is 12.3. The van der Waals surface area contributed by atoms with Gasteiger partial charge in [-0.1, -0.05) is 43.5 Å². The van der Waals surface area contributed by atoms with Gasteiger partial charge in [0.15, 0.2) is 0 Å². The number of nitrogens with one attached hydrogen (secondary N) is 1. The van der Waals surface area contributed by atoms with Gasteiger partial charge in [-0.05, 0) is 30.4 Å². The number of nitrogens with zero attached hydrogens (tertiary/aromatic N) is 1. The summed E-state index contributed by atoms with van der Waals surface area (Å²) in [5.74, 6) is 0.270. The van der Waals surface area contributed by atoms with Crippen LogP contribution in [0.15, 0.2) is 24.3 Å². The van der Waals surface area contributed by atoms with Crippen molar-refractivity contribution < 1.29 is 4.79 Å². The molecule has 0 saturated heterocycles. The van der Waals surface area contributed by atoms with Crippen molar-refractivity contribution in [1.29, 1.82) is 0 Å². The van der Waals surface area contributed by atoms with Gasteiger partial charge in [0.25, 0.3) is 0 Å².